The zero-order valence-electron chi connectivity index (χ0n) is 11.5. The molecule has 3 nitrogen and oxygen atoms in total. The summed E-state index contributed by atoms with van der Waals surface area (Å²) in [6, 6.07) is 14.1. The van der Waals surface area contributed by atoms with Gasteiger partial charge in [0.15, 0.2) is 11.0 Å². The molecule has 0 bridgehead atoms. The minimum absolute atomic E-state index is 0.132. The minimum atomic E-state index is -0.431. The van der Waals surface area contributed by atoms with Gasteiger partial charge in [-0.1, -0.05) is 48.0 Å². The van der Waals surface area contributed by atoms with Crippen LogP contribution in [0.2, 0.25) is 5.02 Å². The molecule has 0 radical (unpaired) electrons. The molecule has 0 saturated carbocycles. The van der Waals surface area contributed by atoms with E-state index in [1.54, 1.807) is 25.1 Å². The highest BCUT2D eigenvalue weighted by Gasteiger charge is 2.19. The lowest BCUT2D eigenvalue weighted by atomic mass is 10.0. The van der Waals surface area contributed by atoms with Crippen molar-refractivity contribution in [2.45, 2.75) is 13.0 Å². The zero-order chi connectivity index (χ0) is 15.0. The lowest BCUT2D eigenvalue weighted by Gasteiger charge is -2.13. The molecular formula is C17H14ClNO2. The van der Waals surface area contributed by atoms with Gasteiger partial charge in [-0.25, -0.2) is 0 Å². The van der Waals surface area contributed by atoms with Crippen molar-refractivity contribution >= 4 is 22.6 Å². The fraction of sp³-hybridized carbons (Fsp3) is 0.118. The largest absolute Gasteiger partial charge is 0.454 e. The third-order valence-corrected chi connectivity index (χ3v) is 3.69. The highest BCUT2D eigenvalue weighted by Crippen LogP contribution is 2.31. The Morgan fingerprint density at radius 3 is 2.48 bits per heavy atom. The SMILES string of the molecule is CC(N)c1c(-c2ccccc2)oc2c(Cl)cccc2c1=O. The van der Waals surface area contributed by atoms with Crippen molar-refractivity contribution in [1.82, 2.24) is 0 Å². The van der Waals surface area contributed by atoms with E-state index in [1.165, 1.54) is 0 Å². The molecule has 2 N–H and O–H groups in total. The fourth-order valence-corrected chi connectivity index (χ4v) is 2.63. The van der Waals surface area contributed by atoms with Crippen LogP contribution in [0.15, 0.2) is 57.7 Å². The van der Waals surface area contributed by atoms with Gasteiger partial charge in [0.25, 0.3) is 0 Å². The Bertz CT molecular complexity index is 854. The number of halogens is 1. The van der Waals surface area contributed by atoms with Crippen molar-refractivity contribution < 1.29 is 4.42 Å². The smallest absolute Gasteiger partial charge is 0.198 e. The van der Waals surface area contributed by atoms with Crippen LogP contribution in [0.3, 0.4) is 0 Å². The van der Waals surface area contributed by atoms with E-state index in [0.29, 0.717) is 27.3 Å². The molecule has 0 aliphatic rings. The quantitative estimate of drug-likeness (QED) is 0.774. The van der Waals surface area contributed by atoms with Crippen LogP contribution in [0, 0.1) is 0 Å². The summed E-state index contributed by atoms with van der Waals surface area (Å²) in [6.45, 7) is 1.77. The molecule has 0 aliphatic heterocycles. The highest BCUT2D eigenvalue weighted by molar-refractivity contribution is 6.34. The average molecular weight is 300 g/mol. The Kier molecular flexibility index (Phi) is 3.53. The lowest BCUT2D eigenvalue weighted by Crippen LogP contribution is -2.19. The topological polar surface area (TPSA) is 56.2 Å². The highest BCUT2D eigenvalue weighted by atomic mass is 35.5. The second-order valence-electron chi connectivity index (χ2n) is 4.95. The van der Waals surface area contributed by atoms with E-state index in [2.05, 4.69) is 0 Å². The van der Waals surface area contributed by atoms with E-state index >= 15 is 0 Å². The molecule has 0 saturated heterocycles. The van der Waals surface area contributed by atoms with Crippen molar-refractivity contribution in [1.29, 1.82) is 0 Å². The molecule has 2 aromatic carbocycles. The molecule has 0 aliphatic carbocycles. The molecular weight excluding hydrogens is 286 g/mol. The van der Waals surface area contributed by atoms with Gasteiger partial charge in [-0.15, -0.1) is 0 Å². The molecule has 0 amide bonds. The molecule has 0 spiro atoms. The second kappa shape index (κ2) is 5.35. The first-order valence-corrected chi connectivity index (χ1v) is 7.03. The normalized spacial score (nSPS) is 12.5. The Labute approximate surface area is 127 Å². The van der Waals surface area contributed by atoms with Crippen molar-refractivity contribution in [3.8, 4) is 11.3 Å². The minimum Gasteiger partial charge on any atom is -0.454 e. The van der Waals surface area contributed by atoms with Gasteiger partial charge in [0.2, 0.25) is 0 Å². The first-order chi connectivity index (χ1) is 10.1. The van der Waals surface area contributed by atoms with E-state index in [-0.39, 0.29) is 5.43 Å². The summed E-state index contributed by atoms with van der Waals surface area (Å²) in [5, 5.41) is 0.868. The maximum atomic E-state index is 12.7. The van der Waals surface area contributed by atoms with Crippen LogP contribution < -0.4 is 11.2 Å². The van der Waals surface area contributed by atoms with E-state index in [4.69, 9.17) is 21.8 Å². The van der Waals surface area contributed by atoms with Crippen LogP contribution in [0.25, 0.3) is 22.3 Å². The monoisotopic (exact) mass is 299 g/mol. The van der Waals surface area contributed by atoms with Crippen LogP contribution >= 0.6 is 11.6 Å². The van der Waals surface area contributed by atoms with Crippen LogP contribution in [0.1, 0.15) is 18.5 Å². The van der Waals surface area contributed by atoms with Crippen LogP contribution in [-0.4, -0.2) is 0 Å². The number of hydrogen-bond donors (Lipinski definition) is 1. The standard InChI is InChI=1S/C17H14ClNO2/c1-10(19)14-15(20)12-8-5-9-13(18)17(12)21-16(14)11-6-3-2-4-7-11/h2-10H,19H2,1H3. The number of fused-ring (bicyclic) bond motifs is 1. The zero-order valence-corrected chi connectivity index (χ0v) is 12.2. The van der Waals surface area contributed by atoms with Gasteiger partial charge >= 0.3 is 0 Å². The lowest BCUT2D eigenvalue weighted by molar-refractivity contribution is 0.600. The number of para-hydroxylation sites is 1. The molecule has 1 unspecified atom stereocenters. The van der Waals surface area contributed by atoms with E-state index in [1.807, 2.05) is 30.3 Å². The van der Waals surface area contributed by atoms with Gasteiger partial charge in [0.1, 0.15) is 5.76 Å². The van der Waals surface area contributed by atoms with Gasteiger partial charge in [0, 0.05) is 11.6 Å². The van der Waals surface area contributed by atoms with E-state index < -0.39 is 6.04 Å². The summed E-state index contributed by atoms with van der Waals surface area (Å²) in [7, 11) is 0. The predicted octanol–water partition coefficient (Wildman–Crippen LogP) is 4.13. The Morgan fingerprint density at radius 2 is 1.81 bits per heavy atom. The number of rotatable bonds is 2. The van der Waals surface area contributed by atoms with Gasteiger partial charge in [0.05, 0.1) is 16.0 Å². The van der Waals surface area contributed by atoms with Gasteiger partial charge in [-0.2, -0.15) is 0 Å². The summed E-state index contributed by atoms with van der Waals surface area (Å²) in [5.41, 5.74) is 7.53. The molecule has 1 atom stereocenters. The Hall–Kier alpha value is -2.10. The third-order valence-electron chi connectivity index (χ3n) is 3.40. The first-order valence-electron chi connectivity index (χ1n) is 6.66. The molecule has 4 heteroatoms. The number of benzene rings is 2. The molecule has 1 heterocycles. The summed E-state index contributed by atoms with van der Waals surface area (Å²) < 4.78 is 5.94. The number of nitrogens with two attached hydrogens (primary N) is 1. The third kappa shape index (κ3) is 2.35. The molecule has 0 fully saturated rings. The van der Waals surface area contributed by atoms with Gasteiger partial charge in [-0.3, -0.25) is 4.79 Å². The summed E-state index contributed by atoms with van der Waals surface area (Å²) in [6.07, 6.45) is 0. The van der Waals surface area contributed by atoms with Crippen molar-refractivity contribution in [3.05, 3.63) is 69.3 Å². The second-order valence-corrected chi connectivity index (χ2v) is 5.35. The van der Waals surface area contributed by atoms with Gasteiger partial charge < -0.3 is 10.2 Å². The summed E-state index contributed by atoms with van der Waals surface area (Å²) >= 11 is 6.16. The molecule has 106 valence electrons. The van der Waals surface area contributed by atoms with Crippen molar-refractivity contribution in [2.24, 2.45) is 5.73 Å². The molecule has 21 heavy (non-hydrogen) atoms. The summed E-state index contributed by atoms with van der Waals surface area (Å²) in [5.74, 6) is 0.483. The average Bonchev–Trinajstić information content (AvgIpc) is 2.48. The fourth-order valence-electron chi connectivity index (χ4n) is 2.41. The van der Waals surface area contributed by atoms with Crippen molar-refractivity contribution in [3.63, 3.8) is 0 Å². The van der Waals surface area contributed by atoms with Crippen molar-refractivity contribution in [2.75, 3.05) is 0 Å². The van der Waals surface area contributed by atoms with Crippen LogP contribution in [-0.2, 0) is 0 Å². The Morgan fingerprint density at radius 1 is 1.10 bits per heavy atom. The Balaban J connectivity index is 2.46. The molecule has 1 aromatic heterocycles. The van der Waals surface area contributed by atoms with E-state index in [0.717, 1.165) is 5.56 Å². The predicted molar refractivity (Wildman–Crippen MR) is 85.5 cm³/mol. The van der Waals surface area contributed by atoms with E-state index in [9.17, 15) is 4.79 Å². The molecule has 3 rings (SSSR count). The molecule has 3 aromatic rings. The van der Waals surface area contributed by atoms with Gasteiger partial charge in [-0.05, 0) is 19.1 Å². The maximum Gasteiger partial charge on any atom is 0.198 e. The van der Waals surface area contributed by atoms with Crippen LogP contribution in [0.5, 0.6) is 0 Å². The summed E-state index contributed by atoms with van der Waals surface area (Å²) in [4.78, 5) is 12.7. The first kappa shape index (κ1) is 13.9. The number of hydrogen-bond acceptors (Lipinski definition) is 3. The van der Waals surface area contributed by atoms with Crippen LogP contribution in [0.4, 0.5) is 0 Å². The maximum absolute atomic E-state index is 12.7.